The molecular weight excluding hydrogens is 545 g/mol. The predicted octanol–water partition coefficient (Wildman–Crippen LogP) is 1.40. The van der Waals surface area contributed by atoms with Gasteiger partial charge in [-0.05, 0) is 24.3 Å². The van der Waals surface area contributed by atoms with Crippen molar-refractivity contribution < 1.29 is 30.0 Å². The van der Waals surface area contributed by atoms with Crippen molar-refractivity contribution in [3.8, 4) is 11.5 Å². The van der Waals surface area contributed by atoms with Crippen LogP contribution in [-0.4, -0.2) is 46.9 Å². The fourth-order valence-electron chi connectivity index (χ4n) is 1.62. The SMILES string of the molecule is O=C(O)c1ccc([O-])cc1.O=C(O)c1ccc([O-])cc1.[Bi+2][c]1ccccc1. The number of carboxylic acids is 2. The van der Waals surface area contributed by atoms with Crippen LogP contribution in [-0.2, 0) is 0 Å². The van der Waals surface area contributed by atoms with Gasteiger partial charge >= 0.3 is 70.3 Å². The van der Waals surface area contributed by atoms with Crippen LogP contribution in [0, 0.1) is 0 Å². The molecule has 3 aromatic rings. The molecule has 0 bridgehead atoms. The van der Waals surface area contributed by atoms with Gasteiger partial charge in [0.1, 0.15) is 0 Å². The molecular formula is C20H15BiO6. The van der Waals surface area contributed by atoms with Crippen molar-refractivity contribution in [3.63, 3.8) is 0 Å². The Morgan fingerprint density at radius 3 is 1.19 bits per heavy atom. The van der Waals surface area contributed by atoms with Crippen molar-refractivity contribution in [2.24, 2.45) is 0 Å². The van der Waals surface area contributed by atoms with E-state index in [2.05, 4.69) is 24.3 Å². The Balaban J connectivity index is 0.000000206. The third kappa shape index (κ3) is 9.37. The molecule has 0 atom stereocenters. The summed E-state index contributed by atoms with van der Waals surface area (Å²) in [6.07, 6.45) is 0. The van der Waals surface area contributed by atoms with Gasteiger partial charge in [0.25, 0.3) is 0 Å². The van der Waals surface area contributed by atoms with E-state index in [1.54, 1.807) is 0 Å². The van der Waals surface area contributed by atoms with Gasteiger partial charge in [0, 0.05) is 0 Å². The number of hydrogen-bond donors (Lipinski definition) is 2. The van der Waals surface area contributed by atoms with E-state index in [1.165, 1.54) is 76.5 Å². The van der Waals surface area contributed by atoms with Crippen molar-refractivity contribution in [2.45, 2.75) is 0 Å². The summed E-state index contributed by atoms with van der Waals surface area (Å²) < 4.78 is 1.43. The van der Waals surface area contributed by atoms with Crippen LogP contribution in [0.1, 0.15) is 20.7 Å². The molecule has 0 unspecified atom stereocenters. The van der Waals surface area contributed by atoms with Crippen LogP contribution in [0.5, 0.6) is 11.5 Å². The molecule has 3 rings (SSSR count). The Hall–Kier alpha value is -2.92. The van der Waals surface area contributed by atoms with Crippen molar-refractivity contribution in [1.29, 1.82) is 0 Å². The molecule has 0 fully saturated rings. The first kappa shape index (κ1) is 22.1. The number of benzene rings is 3. The van der Waals surface area contributed by atoms with Gasteiger partial charge in [-0.15, -0.1) is 11.5 Å². The van der Waals surface area contributed by atoms with E-state index in [-0.39, 0.29) is 22.6 Å². The fraction of sp³-hybridized carbons (Fsp3) is 0. The Morgan fingerprint density at radius 2 is 0.963 bits per heavy atom. The molecule has 0 aliphatic carbocycles. The molecule has 7 heteroatoms. The van der Waals surface area contributed by atoms with Crippen LogP contribution in [0.3, 0.4) is 0 Å². The van der Waals surface area contributed by atoms with Crippen molar-refractivity contribution in [2.75, 3.05) is 0 Å². The monoisotopic (exact) mass is 560 g/mol. The summed E-state index contributed by atoms with van der Waals surface area (Å²) in [6, 6.07) is 20.5. The van der Waals surface area contributed by atoms with Crippen molar-refractivity contribution in [1.82, 2.24) is 0 Å². The van der Waals surface area contributed by atoms with Gasteiger partial charge in [-0.2, -0.15) is 0 Å². The molecule has 0 amide bonds. The van der Waals surface area contributed by atoms with E-state index in [1.807, 2.05) is 6.07 Å². The number of carbonyl (C=O) groups is 2. The van der Waals surface area contributed by atoms with Crippen LogP contribution < -0.4 is 13.5 Å². The quantitative estimate of drug-likeness (QED) is 0.458. The summed E-state index contributed by atoms with van der Waals surface area (Å²) >= 11 is 1.36. The summed E-state index contributed by atoms with van der Waals surface area (Å²) in [7, 11) is 0. The Bertz CT molecular complexity index is 790. The first-order valence-electron chi connectivity index (χ1n) is 7.54. The van der Waals surface area contributed by atoms with Gasteiger partial charge in [0.2, 0.25) is 0 Å². The molecule has 0 aromatic heterocycles. The first-order valence-corrected chi connectivity index (χ1v) is 9.28. The van der Waals surface area contributed by atoms with E-state index in [0.717, 1.165) is 0 Å². The second-order valence-corrected chi connectivity index (χ2v) is 7.00. The second-order valence-electron chi connectivity index (χ2n) is 4.99. The molecule has 0 aliphatic rings. The Labute approximate surface area is 171 Å². The topological polar surface area (TPSA) is 121 Å². The Kier molecular flexibility index (Phi) is 9.55. The second kappa shape index (κ2) is 11.7. The minimum atomic E-state index is -1.01. The van der Waals surface area contributed by atoms with E-state index >= 15 is 0 Å². The van der Waals surface area contributed by atoms with E-state index in [4.69, 9.17) is 10.2 Å². The molecule has 136 valence electrons. The summed E-state index contributed by atoms with van der Waals surface area (Å²) in [4.78, 5) is 20.4. The van der Waals surface area contributed by atoms with Crippen LogP contribution in [0.2, 0.25) is 0 Å². The number of rotatable bonds is 2. The molecule has 2 N–H and O–H groups in total. The molecule has 3 aromatic carbocycles. The van der Waals surface area contributed by atoms with Gasteiger partial charge in [-0.1, -0.05) is 24.3 Å². The van der Waals surface area contributed by atoms with Crippen LogP contribution in [0.15, 0.2) is 78.9 Å². The van der Waals surface area contributed by atoms with Gasteiger partial charge < -0.3 is 20.4 Å². The van der Waals surface area contributed by atoms with Crippen LogP contribution in [0.25, 0.3) is 0 Å². The van der Waals surface area contributed by atoms with Crippen molar-refractivity contribution >= 4 is 39.9 Å². The molecule has 0 aliphatic heterocycles. The number of aromatic carboxylic acids is 2. The van der Waals surface area contributed by atoms with Crippen LogP contribution >= 0.6 is 0 Å². The maximum absolute atomic E-state index is 10.5. The third-order valence-electron chi connectivity index (χ3n) is 2.96. The van der Waals surface area contributed by atoms with Crippen LogP contribution in [0.4, 0.5) is 0 Å². The zero-order valence-corrected chi connectivity index (χ0v) is 17.5. The molecule has 2 radical (unpaired) electrons. The van der Waals surface area contributed by atoms with Gasteiger partial charge in [0.15, 0.2) is 0 Å². The summed E-state index contributed by atoms with van der Waals surface area (Å²) in [5, 5.41) is 37.6. The maximum atomic E-state index is 10.5. The minimum absolute atomic E-state index is 0.139. The first-order chi connectivity index (χ1) is 12.8. The van der Waals surface area contributed by atoms with Gasteiger partial charge in [0.05, 0.1) is 11.1 Å². The van der Waals surface area contributed by atoms with Gasteiger partial charge in [-0.25, -0.2) is 9.59 Å². The number of hydrogen-bond acceptors (Lipinski definition) is 4. The van der Waals surface area contributed by atoms with E-state index in [9.17, 15) is 19.8 Å². The zero-order chi connectivity index (χ0) is 20.2. The fourth-order valence-corrected chi connectivity index (χ4v) is 2.29. The van der Waals surface area contributed by atoms with Gasteiger partial charge in [-0.3, -0.25) is 0 Å². The molecule has 0 spiro atoms. The summed E-state index contributed by atoms with van der Waals surface area (Å²) in [5.74, 6) is -2.38. The summed E-state index contributed by atoms with van der Waals surface area (Å²) in [6.45, 7) is 0. The number of carboxylic acid groups (broad SMARTS) is 2. The predicted molar refractivity (Wildman–Crippen MR) is 97.5 cm³/mol. The molecule has 0 saturated carbocycles. The average Bonchev–Trinajstić information content (AvgIpc) is 2.64. The van der Waals surface area contributed by atoms with Crippen molar-refractivity contribution in [3.05, 3.63) is 90.0 Å². The van der Waals surface area contributed by atoms with E-state index in [0.29, 0.717) is 0 Å². The Morgan fingerprint density at radius 1 is 0.630 bits per heavy atom. The molecule has 0 heterocycles. The molecule has 0 saturated heterocycles. The summed E-state index contributed by atoms with van der Waals surface area (Å²) in [5.41, 5.74) is 0.277. The zero-order valence-electron chi connectivity index (χ0n) is 14.0. The standard InChI is InChI=1S/2C7H6O3.C6H5.Bi/c2*8-6-3-1-5(2-4-6)7(9)10;1-2-4-6-5-3-1;/h2*1-4,8H,(H,9,10);1-5H;/q;;;+2/p-2. The normalized spacial score (nSPS) is 9.04. The van der Waals surface area contributed by atoms with E-state index < -0.39 is 11.9 Å². The molecule has 6 nitrogen and oxygen atoms in total. The third-order valence-corrected chi connectivity index (χ3v) is 4.12. The average molecular weight is 560 g/mol. The molecule has 27 heavy (non-hydrogen) atoms.